The average molecular weight is 389 g/mol. The molecule has 1 aliphatic carbocycles. The molecule has 0 aromatic heterocycles. The minimum atomic E-state index is -0.853. The van der Waals surface area contributed by atoms with E-state index in [9.17, 15) is 9.59 Å². The van der Waals surface area contributed by atoms with Crippen molar-refractivity contribution in [1.82, 2.24) is 5.32 Å². The first-order valence-corrected chi connectivity index (χ1v) is 9.76. The van der Waals surface area contributed by atoms with Crippen molar-refractivity contribution in [1.29, 1.82) is 0 Å². The molecule has 0 aliphatic heterocycles. The number of hydrogen-bond donors (Lipinski definition) is 1. The second kappa shape index (κ2) is 10.2. The van der Waals surface area contributed by atoms with Crippen LogP contribution in [0.4, 0.5) is 0 Å². The Labute approximate surface area is 167 Å². The second-order valence-corrected chi connectivity index (χ2v) is 7.40. The van der Waals surface area contributed by atoms with Gasteiger partial charge in [-0.1, -0.05) is 26.7 Å². The number of amides is 1. The van der Waals surface area contributed by atoms with Gasteiger partial charge in [0.1, 0.15) is 11.5 Å². The molecule has 1 amide bonds. The second-order valence-electron chi connectivity index (χ2n) is 7.40. The number of rotatable bonds is 7. The van der Waals surface area contributed by atoms with Crippen LogP contribution in [0.15, 0.2) is 24.3 Å². The summed E-state index contributed by atoms with van der Waals surface area (Å²) in [5.74, 6) is 1.41. The standard InChI is InChI=1S/C22H31NO5/c1-14-7-6-8-19(15(14)2)23-22(25)16(3)28-21(24)12-9-17-13-18(26-4)10-11-20(17)27-5/h9-16,19H,6-8H2,1-5H3,(H,23,25)/b12-9+/t14-,15-,16-,19+/m1/s1. The third kappa shape index (κ3) is 5.75. The zero-order chi connectivity index (χ0) is 20.7. The number of carbonyl (C=O) groups is 2. The quantitative estimate of drug-likeness (QED) is 0.570. The molecule has 0 heterocycles. The van der Waals surface area contributed by atoms with E-state index in [2.05, 4.69) is 19.2 Å². The maximum atomic E-state index is 12.4. The van der Waals surface area contributed by atoms with E-state index < -0.39 is 12.1 Å². The Balaban J connectivity index is 1.93. The average Bonchev–Trinajstić information content (AvgIpc) is 2.69. The molecule has 6 heteroatoms. The molecule has 0 radical (unpaired) electrons. The summed E-state index contributed by atoms with van der Waals surface area (Å²) in [7, 11) is 3.12. The Morgan fingerprint density at radius 3 is 2.61 bits per heavy atom. The normalized spacial score (nSPS) is 23.1. The van der Waals surface area contributed by atoms with Crippen LogP contribution in [0.5, 0.6) is 11.5 Å². The monoisotopic (exact) mass is 389 g/mol. The van der Waals surface area contributed by atoms with Crippen LogP contribution in [0.3, 0.4) is 0 Å². The molecule has 0 spiro atoms. The number of carbonyl (C=O) groups excluding carboxylic acids is 2. The summed E-state index contributed by atoms with van der Waals surface area (Å²) >= 11 is 0. The third-order valence-electron chi connectivity index (χ3n) is 5.53. The molecule has 28 heavy (non-hydrogen) atoms. The van der Waals surface area contributed by atoms with E-state index in [4.69, 9.17) is 14.2 Å². The molecule has 6 nitrogen and oxygen atoms in total. The summed E-state index contributed by atoms with van der Waals surface area (Å²) in [4.78, 5) is 24.5. The summed E-state index contributed by atoms with van der Waals surface area (Å²) in [6.07, 6.45) is 5.28. The lowest BCUT2D eigenvalue weighted by Crippen LogP contribution is -2.47. The van der Waals surface area contributed by atoms with Gasteiger partial charge < -0.3 is 19.5 Å². The fraction of sp³-hybridized carbons (Fsp3) is 0.545. The highest BCUT2D eigenvalue weighted by Gasteiger charge is 2.29. The number of methoxy groups -OCH3 is 2. The van der Waals surface area contributed by atoms with Crippen LogP contribution in [-0.2, 0) is 14.3 Å². The van der Waals surface area contributed by atoms with Crippen molar-refractivity contribution in [2.75, 3.05) is 14.2 Å². The Bertz CT molecular complexity index is 715. The molecule has 2 rings (SSSR count). The number of nitrogens with one attached hydrogen (secondary N) is 1. The van der Waals surface area contributed by atoms with E-state index in [1.807, 2.05) is 0 Å². The van der Waals surface area contributed by atoms with Crippen LogP contribution in [0.2, 0.25) is 0 Å². The fourth-order valence-corrected chi connectivity index (χ4v) is 3.48. The molecule has 0 saturated heterocycles. The maximum Gasteiger partial charge on any atom is 0.331 e. The first kappa shape index (κ1) is 21.8. The number of esters is 1. The lowest BCUT2D eigenvalue weighted by Gasteiger charge is -2.35. The van der Waals surface area contributed by atoms with Gasteiger partial charge in [-0.15, -0.1) is 0 Å². The Kier molecular flexibility index (Phi) is 7.91. The van der Waals surface area contributed by atoms with E-state index in [0.29, 0.717) is 28.9 Å². The Hall–Kier alpha value is -2.50. The van der Waals surface area contributed by atoms with Gasteiger partial charge in [0.25, 0.3) is 5.91 Å². The minimum absolute atomic E-state index is 0.133. The topological polar surface area (TPSA) is 73.9 Å². The molecule has 4 atom stereocenters. The van der Waals surface area contributed by atoms with Crippen molar-refractivity contribution in [3.8, 4) is 11.5 Å². The van der Waals surface area contributed by atoms with Crippen LogP contribution in [-0.4, -0.2) is 38.2 Å². The van der Waals surface area contributed by atoms with Gasteiger partial charge in [-0.05, 0) is 49.5 Å². The van der Waals surface area contributed by atoms with Gasteiger partial charge in [0.15, 0.2) is 6.10 Å². The zero-order valence-corrected chi connectivity index (χ0v) is 17.4. The van der Waals surface area contributed by atoms with Crippen molar-refractivity contribution < 1.29 is 23.8 Å². The molecule has 1 aromatic carbocycles. The van der Waals surface area contributed by atoms with Crippen LogP contribution < -0.4 is 14.8 Å². The summed E-state index contributed by atoms with van der Waals surface area (Å²) < 4.78 is 15.7. The lowest BCUT2D eigenvalue weighted by atomic mass is 9.78. The van der Waals surface area contributed by atoms with Crippen LogP contribution in [0.25, 0.3) is 6.08 Å². The first-order chi connectivity index (χ1) is 13.3. The summed E-state index contributed by atoms with van der Waals surface area (Å²) in [6, 6.07) is 5.42. The SMILES string of the molecule is COc1ccc(OC)c(/C=C/C(=O)O[C@H](C)C(=O)N[C@H]2CCC[C@@H](C)[C@H]2C)c1. The van der Waals surface area contributed by atoms with E-state index in [1.54, 1.807) is 45.4 Å². The number of ether oxygens (including phenoxy) is 3. The van der Waals surface area contributed by atoms with E-state index in [-0.39, 0.29) is 11.9 Å². The van der Waals surface area contributed by atoms with Crippen molar-refractivity contribution >= 4 is 18.0 Å². The van der Waals surface area contributed by atoms with Crippen molar-refractivity contribution in [3.63, 3.8) is 0 Å². The molecule has 1 aromatic rings. The summed E-state index contributed by atoms with van der Waals surface area (Å²) in [6.45, 7) is 5.96. The fourth-order valence-electron chi connectivity index (χ4n) is 3.48. The predicted octanol–water partition coefficient (Wildman–Crippen LogP) is 3.59. The molecule has 0 bridgehead atoms. The van der Waals surface area contributed by atoms with E-state index in [0.717, 1.165) is 12.8 Å². The number of benzene rings is 1. The van der Waals surface area contributed by atoms with E-state index in [1.165, 1.54) is 12.5 Å². The predicted molar refractivity (Wildman–Crippen MR) is 108 cm³/mol. The largest absolute Gasteiger partial charge is 0.497 e. The maximum absolute atomic E-state index is 12.4. The van der Waals surface area contributed by atoms with Crippen molar-refractivity contribution in [2.45, 2.75) is 52.2 Å². The highest BCUT2D eigenvalue weighted by atomic mass is 16.5. The smallest absolute Gasteiger partial charge is 0.331 e. The van der Waals surface area contributed by atoms with Gasteiger partial charge in [0.05, 0.1) is 14.2 Å². The molecule has 1 fully saturated rings. The van der Waals surface area contributed by atoms with Crippen LogP contribution in [0, 0.1) is 11.8 Å². The summed E-state index contributed by atoms with van der Waals surface area (Å²) in [5.41, 5.74) is 0.681. The summed E-state index contributed by atoms with van der Waals surface area (Å²) in [5, 5.41) is 3.03. The molecular weight excluding hydrogens is 358 g/mol. The first-order valence-electron chi connectivity index (χ1n) is 9.76. The van der Waals surface area contributed by atoms with Crippen molar-refractivity contribution in [3.05, 3.63) is 29.8 Å². The van der Waals surface area contributed by atoms with Gasteiger partial charge in [0.2, 0.25) is 0 Å². The zero-order valence-electron chi connectivity index (χ0n) is 17.4. The molecule has 154 valence electrons. The van der Waals surface area contributed by atoms with Gasteiger partial charge in [-0.3, -0.25) is 4.79 Å². The van der Waals surface area contributed by atoms with Gasteiger partial charge in [-0.25, -0.2) is 4.79 Å². The van der Waals surface area contributed by atoms with Gasteiger partial charge in [0, 0.05) is 17.7 Å². The highest BCUT2D eigenvalue weighted by molar-refractivity contribution is 5.90. The van der Waals surface area contributed by atoms with Crippen molar-refractivity contribution in [2.24, 2.45) is 11.8 Å². The molecule has 1 aliphatic rings. The Morgan fingerprint density at radius 1 is 1.18 bits per heavy atom. The molecule has 1 N–H and O–H groups in total. The lowest BCUT2D eigenvalue weighted by molar-refractivity contribution is -0.150. The van der Waals surface area contributed by atoms with Crippen LogP contribution in [0.1, 0.15) is 45.6 Å². The molecule has 1 saturated carbocycles. The number of hydrogen-bond acceptors (Lipinski definition) is 5. The van der Waals surface area contributed by atoms with Gasteiger partial charge >= 0.3 is 5.97 Å². The highest BCUT2D eigenvalue weighted by Crippen LogP contribution is 2.29. The minimum Gasteiger partial charge on any atom is -0.497 e. The van der Waals surface area contributed by atoms with E-state index >= 15 is 0 Å². The molecular formula is C22H31NO5. The third-order valence-corrected chi connectivity index (χ3v) is 5.53. The van der Waals surface area contributed by atoms with Gasteiger partial charge in [-0.2, -0.15) is 0 Å². The molecule has 0 unspecified atom stereocenters. The van der Waals surface area contributed by atoms with Crippen LogP contribution >= 0.6 is 0 Å². The Morgan fingerprint density at radius 2 is 1.93 bits per heavy atom.